The first-order chi connectivity index (χ1) is 14.2. The SMILES string of the molecule is CCCCc1ccc(S(=O)(=O)Nc2c(C)nn(Cc3ccc(Cl)cc3Cl)c2C)cc1. The Morgan fingerprint density at radius 2 is 1.77 bits per heavy atom. The number of hydrogen-bond donors (Lipinski definition) is 1. The number of aryl methyl sites for hydroxylation is 2. The second-order valence-electron chi connectivity index (χ2n) is 7.29. The molecule has 1 N–H and O–H groups in total. The first-order valence-electron chi connectivity index (χ1n) is 9.81. The van der Waals surface area contributed by atoms with Crippen molar-refractivity contribution in [3.05, 3.63) is 75.0 Å². The Morgan fingerprint density at radius 1 is 1.07 bits per heavy atom. The van der Waals surface area contributed by atoms with E-state index in [0.29, 0.717) is 33.7 Å². The van der Waals surface area contributed by atoms with Gasteiger partial charge in [-0.05, 0) is 62.1 Å². The van der Waals surface area contributed by atoms with Crippen LogP contribution in [0.5, 0.6) is 0 Å². The van der Waals surface area contributed by atoms with Crippen molar-refractivity contribution in [2.75, 3.05) is 4.72 Å². The third-order valence-corrected chi connectivity index (χ3v) is 6.96. The quantitative estimate of drug-likeness (QED) is 0.443. The molecular formula is C22H25Cl2N3O2S. The zero-order chi connectivity index (χ0) is 21.9. The molecule has 0 spiro atoms. The number of aromatic nitrogens is 2. The molecule has 0 amide bonds. The lowest BCUT2D eigenvalue weighted by atomic mass is 10.1. The molecule has 30 heavy (non-hydrogen) atoms. The minimum Gasteiger partial charge on any atom is -0.276 e. The van der Waals surface area contributed by atoms with E-state index in [1.165, 1.54) is 0 Å². The van der Waals surface area contributed by atoms with Crippen LogP contribution in [0.1, 0.15) is 42.3 Å². The third kappa shape index (κ3) is 5.17. The number of halogens is 2. The molecule has 3 rings (SSSR count). The first kappa shape index (κ1) is 22.7. The van der Waals surface area contributed by atoms with E-state index >= 15 is 0 Å². The van der Waals surface area contributed by atoms with Crippen LogP contribution in [0, 0.1) is 13.8 Å². The minimum atomic E-state index is -3.72. The number of nitrogens with zero attached hydrogens (tertiary/aromatic N) is 2. The molecule has 1 aromatic heterocycles. The van der Waals surface area contributed by atoms with Gasteiger partial charge in [0.2, 0.25) is 0 Å². The summed E-state index contributed by atoms with van der Waals surface area (Å²) in [5, 5.41) is 5.60. The van der Waals surface area contributed by atoms with Crippen LogP contribution in [0.15, 0.2) is 47.4 Å². The number of rotatable bonds is 8. The van der Waals surface area contributed by atoms with E-state index < -0.39 is 10.0 Å². The maximum atomic E-state index is 12.9. The highest BCUT2D eigenvalue weighted by atomic mass is 35.5. The summed E-state index contributed by atoms with van der Waals surface area (Å²) in [7, 11) is -3.72. The van der Waals surface area contributed by atoms with Crippen LogP contribution in [-0.4, -0.2) is 18.2 Å². The first-order valence-corrected chi connectivity index (χ1v) is 12.0. The maximum absolute atomic E-state index is 12.9. The molecule has 0 aliphatic rings. The number of unbranched alkanes of at least 4 members (excludes halogenated alkanes) is 1. The Morgan fingerprint density at radius 3 is 2.40 bits per heavy atom. The topological polar surface area (TPSA) is 64.0 Å². The number of hydrogen-bond acceptors (Lipinski definition) is 3. The molecule has 2 aromatic carbocycles. The molecule has 0 aliphatic carbocycles. The van der Waals surface area contributed by atoms with Crippen molar-refractivity contribution in [1.29, 1.82) is 0 Å². The fourth-order valence-corrected chi connectivity index (χ4v) is 4.86. The average molecular weight is 466 g/mol. The highest BCUT2D eigenvalue weighted by Crippen LogP contribution is 2.27. The standard InChI is InChI=1S/C22H25Cl2N3O2S/c1-4-5-6-17-7-11-20(12-8-17)30(28,29)26-22-15(2)25-27(16(22)3)14-18-9-10-19(23)13-21(18)24/h7-13,26H,4-6,14H2,1-3H3. The van der Waals surface area contributed by atoms with Gasteiger partial charge in [0.05, 0.1) is 28.5 Å². The van der Waals surface area contributed by atoms with Crippen LogP contribution in [0.3, 0.4) is 0 Å². The molecule has 0 saturated carbocycles. The normalized spacial score (nSPS) is 11.6. The molecule has 5 nitrogen and oxygen atoms in total. The zero-order valence-corrected chi connectivity index (χ0v) is 19.6. The second kappa shape index (κ2) is 9.41. The molecular weight excluding hydrogens is 441 g/mol. The van der Waals surface area contributed by atoms with Crippen molar-refractivity contribution >= 4 is 38.9 Å². The summed E-state index contributed by atoms with van der Waals surface area (Å²) in [5.41, 5.74) is 3.78. The van der Waals surface area contributed by atoms with Gasteiger partial charge in [-0.15, -0.1) is 0 Å². The number of nitrogens with one attached hydrogen (secondary N) is 1. The highest BCUT2D eigenvalue weighted by molar-refractivity contribution is 7.92. The van der Waals surface area contributed by atoms with E-state index in [-0.39, 0.29) is 4.90 Å². The summed E-state index contributed by atoms with van der Waals surface area (Å²) in [6, 6.07) is 12.3. The molecule has 0 unspecified atom stereocenters. The van der Waals surface area contributed by atoms with E-state index in [9.17, 15) is 8.42 Å². The molecule has 0 fully saturated rings. The predicted molar refractivity (Wildman–Crippen MR) is 123 cm³/mol. The Kier molecular flexibility index (Phi) is 7.11. The van der Waals surface area contributed by atoms with Crippen molar-refractivity contribution in [2.45, 2.75) is 51.5 Å². The largest absolute Gasteiger partial charge is 0.276 e. The Labute approximate surface area is 188 Å². The molecule has 8 heteroatoms. The Hall–Kier alpha value is -2.02. The van der Waals surface area contributed by atoms with Gasteiger partial charge in [0, 0.05) is 10.0 Å². The van der Waals surface area contributed by atoms with Gasteiger partial charge in [-0.2, -0.15) is 5.10 Å². The van der Waals surface area contributed by atoms with Crippen LogP contribution >= 0.6 is 23.2 Å². The van der Waals surface area contributed by atoms with Gasteiger partial charge in [0.25, 0.3) is 10.0 Å². The van der Waals surface area contributed by atoms with Gasteiger partial charge < -0.3 is 0 Å². The fourth-order valence-electron chi connectivity index (χ4n) is 3.22. The third-order valence-electron chi connectivity index (χ3n) is 5.01. The Bertz CT molecular complexity index is 1140. The smallest absolute Gasteiger partial charge is 0.262 e. The number of sulfonamides is 1. The lowest BCUT2D eigenvalue weighted by Crippen LogP contribution is -2.14. The van der Waals surface area contributed by atoms with E-state index in [2.05, 4.69) is 16.7 Å². The van der Waals surface area contributed by atoms with E-state index in [1.807, 2.05) is 25.1 Å². The van der Waals surface area contributed by atoms with Crippen LogP contribution in [-0.2, 0) is 23.0 Å². The summed E-state index contributed by atoms with van der Waals surface area (Å²) in [5.74, 6) is 0. The summed E-state index contributed by atoms with van der Waals surface area (Å²) in [4.78, 5) is 0.232. The molecule has 1 heterocycles. The van der Waals surface area contributed by atoms with Crippen LogP contribution in [0.25, 0.3) is 0 Å². The highest BCUT2D eigenvalue weighted by Gasteiger charge is 2.20. The van der Waals surface area contributed by atoms with Gasteiger partial charge >= 0.3 is 0 Å². The van der Waals surface area contributed by atoms with Gasteiger partial charge in [-0.1, -0.05) is 54.7 Å². The lowest BCUT2D eigenvalue weighted by molar-refractivity contribution is 0.601. The van der Waals surface area contributed by atoms with Crippen LogP contribution in [0.4, 0.5) is 5.69 Å². The van der Waals surface area contributed by atoms with Crippen LogP contribution in [0.2, 0.25) is 10.0 Å². The number of benzene rings is 2. The van der Waals surface area contributed by atoms with Gasteiger partial charge in [-0.25, -0.2) is 8.42 Å². The maximum Gasteiger partial charge on any atom is 0.262 e. The van der Waals surface area contributed by atoms with Gasteiger partial charge in [0.15, 0.2) is 0 Å². The van der Waals surface area contributed by atoms with E-state index in [0.717, 1.165) is 30.4 Å². The summed E-state index contributed by atoms with van der Waals surface area (Å²) in [6.07, 6.45) is 3.13. The summed E-state index contributed by atoms with van der Waals surface area (Å²) >= 11 is 12.2. The molecule has 0 aliphatic heterocycles. The van der Waals surface area contributed by atoms with E-state index in [1.54, 1.807) is 35.9 Å². The lowest BCUT2D eigenvalue weighted by Gasteiger charge is -2.10. The predicted octanol–water partition coefficient (Wildman–Crippen LogP) is 6.00. The summed E-state index contributed by atoms with van der Waals surface area (Å²) < 4.78 is 30.2. The van der Waals surface area contributed by atoms with Crippen molar-refractivity contribution in [3.63, 3.8) is 0 Å². The van der Waals surface area contributed by atoms with Gasteiger partial charge in [0.1, 0.15) is 0 Å². The molecule has 3 aromatic rings. The minimum absolute atomic E-state index is 0.232. The molecule has 160 valence electrons. The second-order valence-corrected chi connectivity index (χ2v) is 9.82. The number of anilines is 1. The van der Waals surface area contributed by atoms with Gasteiger partial charge in [-0.3, -0.25) is 9.40 Å². The molecule has 0 radical (unpaired) electrons. The fraction of sp³-hybridized carbons (Fsp3) is 0.318. The molecule has 0 bridgehead atoms. The summed E-state index contributed by atoms with van der Waals surface area (Å²) in [6.45, 7) is 6.15. The average Bonchev–Trinajstić information content (AvgIpc) is 2.96. The molecule has 0 saturated heterocycles. The monoisotopic (exact) mass is 465 g/mol. The van der Waals surface area contributed by atoms with Crippen LogP contribution < -0.4 is 4.72 Å². The Balaban J connectivity index is 1.82. The molecule has 0 atom stereocenters. The van der Waals surface area contributed by atoms with Crippen molar-refractivity contribution in [1.82, 2.24) is 9.78 Å². The van der Waals surface area contributed by atoms with Crippen molar-refractivity contribution in [3.8, 4) is 0 Å². The van der Waals surface area contributed by atoms with Crippen molar-refractivity contribution in [2.24, 2.45) is 0 Å². The van der Waals surface area contributed by atoms with E-state index in [4.69, 9.17) is 23.2 Å². The zero-order valence-electron chi connectivity index (χ0n) is 17.2. The van der Waals surface area contributed by atoms with Crippen molar-refractivity contribution < 1.29 is 8.42 Å².